The molecule has 0 spiro atoms. The van der Waals surface area contributed by atoms with Gasteiger partial charge in [0, 0.05) is 17.1 Å². The topological polar surface area (TPSA) is 25.8 Å². The van der Waals surface area contributed by atoms with E-state index in [1.165, 1.54) is 6.07 Å². The van der Waals surface area contributed by atoms with Crippen LogP contribution >= 0.6 is 0 Å². The van der Waals surface area contributed by atoms with Crippen molar-refractivity contribution in [2.75, 3.05) is 0 Å². The molecule has 0 amide bonds. The highest BCUT2D eigenvalue weighted by atomic mass is 19.1. The first-order valence-corrected chi connectivity index (χ1v) is 9.12. The first-order valence-electron chi connectivity index (χ1n) is 9.12. The Morgan fingerprint density at radius 2 is 1.75 bits per heavy atom. The number of fused-ring (bicyclic) bond motifs is 1. The fourth-order valence-corrected chi connectivity index (χ4v) is 3.44. The number of hydrogen-bond donors (Lipinski definition) is 0. The molecule has 0 saturated heterocycles. The van der Waals surface area contributed by atoms with Crippen LogP contribution in [0.2, 0.25) is 0 Å². The van der Waals surface area contributed by atoms with Crippen molar-refractivity contribution in [2.24, 2.45) is 0 Å². The summed E-state index contributed by atoms with van der Waals surface area (Å²) in [5.74, 6) is -0.301. The fourth-order valence-electron chi connectivity index (χ4n) is 3.44. The standard InChI is InChI=1S/C25H19FN2/c1-3-9-18-17(4-2)10-7-12-19(18)22-16-24(21-11-5-6-14-23(21)26)28-25-20(22)13-8-15-27-25/h3-16H,2H2,1H3/b9-3-. The normalized spacial score (nSPS) is 11.2. The molecular formula is C25H19FN2. The molecule has 4 aromatic rings. The quantitative estimate of drug-likeness (QED) is 0.398. The Kier molecular flexibility index (Phi) is 4.81. The molecule has 0 radical (unpaired) electrons. The second-order valence-corrected chi connectivity index (χ2v) is 6.42. The molecule has 2 heterocycles. The zero-order chi connectivity index (χ0) is 19.5. The van der Waals surface area contributed by atoms with Crippen molar-refractivity contribution in [2.45, 2.75) is 6.92 Å². The molecule has 0 N–H and O–H groups in total. The van der Waals surface area contributed by atoms with E-state index in [1.807, 2.05) is 55.5 Å². The van der Waals surface area contributed by atoms with Gasteiger partial charge in [-0.2, -0.15) is 0 Å². The third-order valence-corrected chi connectivity index (χ3v) is 4.72. The number of rotatable bonds is 4. The van der Waals surface area contributed by atoms with Crippen LogP contribution in [0.3, 0.4) is 0 Å². The van der Waals surface area contributed by atoms with Gasteiger partial charge in [-0.05, 0) is 59.5 Å². The van der Waals surface area contributed by atoms with Crippen molar-refractivity contribution >= 4 is 23.2 Å². The number of hydrogen-bond acceptors (Lipinski definition) is 2. The zero-order valence-corrected chi connectivity index (χ0v) is 15.6. The molecule has 136 valence electrons. The molecule has 0 aliphatic carbocycles. The molecule has 28 heavy (non-hydrogen) atoms. The van der Waals surface area contributed by atoms with Crippen LogP contribution in [0, 0.1) is 5.82 Å². The van der Waals surface area contributed by atoms with E-state index in [4.69, 9.17) is 0 Å². The van der Waals surface area contributed by atoms with Gasteiger partial charge in [0.15, 0.2) is 5.65 Å². The van der Waals surface area contributed by atoms with Crippen molar-refractivity contribution in [3.63, 3.8) is 0 Å². The Hall–Kier alpha value is -3.59. The molecule has 2 aromatic heterocycles. The Labute approximate surface area is 163 Å². The predicted octanol–water partition coefficient (Wildman–Crippen LogP) is 6.78. The minimum Gasteiger partial charge on any atom is -0.237 e. The summed E-state index contributed by atoms with van der Waals surface area (Å²) in [6.07, 6.45) is 7.62. The molecule has 2 aromatic carbocycles. The smallest absolute Gasteiger partial charge is 0.160 e. The Morgan fingerprint density at radius 3 is 2.54 bits per heavy atom. The van der Waals surface area contributed by atoms with E-state index in [-0.39, 0.29) is 5.82 Å². The molecule has 3 heteroatoms. The number of benzene rings is 2. The molecule has 4 rings (SSSR count). The summed E-state index contributed by atoms with van der Waals surface area (Å²) in [5, 5.41) is 0.926. The van der Waals surface area contributed by atoms with Gasteiger partial charge in [-0.3, -0.25) is 0 Å². The summed E-state index contributed by atoms with van der Waals surface area (Å²) < 4.78 is 14.4. The van der Waals surface area contributed by atoms with Crippen LogP contribution in [-0.2, 0) is 0 Å². The molecule has 2 nitrogen and oxygen atoms in total. The summed E-state index contributed by atoms with van der Waals surface area (Å²) in [4.78, 5) is 9.05. The average Bonchev–Trinajstić information content (AvgIpc) is 2.74. The van der Waals surface area contributed by atoms with E-state index in [9.17, 15) is 4.39 Å². The largest absolute Gasteiger partial charge is 0.237 e. The molecule has 0 bridgehead atoms. The third kappa shape index (κ3) is 3.12. The van der Waals surface area contributed by atoms with E-state index in [1.54, 1.807) is 18.3 Å². The second-order valence-electron chi connectivity index (χ2n) is 6.42. The third-order valence-electron chi connectivity index (χ3n) is 4.72. The van der Waals surface area contributed by atoms with Crippen molar-refractivity contribution in [1.82, 2.24) is 9.97 Å². The zero-order valence-electron chi connectivity index (χ0n) is 15.6. The van der Waals surface area contributed by atoms with E-state index in [0.29, 0.717) is 16.9 Å². The number of halogens is 1. The molecule has 0 saturated carbocycles. The lowest BCUT2D eigenvalue weighted by atomic mass is 9.92. The SMILES string of the molecule is C=Cc1cccc(-c2cc(-c3ccccc3F)nc3ncccc23)c1/C=C\C. The number of pyridine rings is 2. The molecule has 0 unspecified atom stereocenters. The van der Waals surface area contributed by atoms with Gasteiger partial charge in [0.1, 0.15) is 5.82 Å². The van der Waals surface area contributed by atoms with Crippen molar-refractivity contribution in [3.05, 3.63) is 96.5 Å². The van der Waals surface area contributed by atoms with Crippen LogP contribution < -0.4 is 0 Å². The lowest BCUT2D eigenvalue weighted by Gasteiger charge is -2.14. The van der Waals surface area contributed by atoms with Crippen LogP contribution in [0.25, 0.3) is 45.6 Å². The van der Waals surface area contributed by atoms with Crippen LogP contribution in [0.4, 0.5) is 4.39 Å². The minimum atomic E-state index is -0.301. The Bertz CT molecular complexity index is 1210. The van der Waals surface area contributed by atoms with E-state index in [2.05, 4.69) is 28.7 Å². The highest BCUT2D eigenvalue weighted by molar-refractivity contribution is 5.98. The lowest BCUT2D eigenvalue weighted by molar-refractivity contribution is 0.631. The van der Waals surface area contributed by atoms with E-state index >= 15 is 0 Å². The molecule has 0 aliphatic heterocycles. The molecule has 0 fully saturated rings. The summed E-state index contributed by atoms with van der Waals surface area (Å²) in [7, 11) is 0. The summed E-state index contributed by atoms with van der Waals surface area (Å²) in [6.45, 7) is 5.93. The fraction of sp³-hybridized carbons (Fsp3) is 0.0400. The van der Waals surface area contributed by atoms with E-state index < -0.39 is 0 Å². The average molecular weight is 366 g/mol. The van der Waals surface area contributed by atoms with Gasteiger partial charge in [0.05, 0.1) is 5.69 Å². The van der Waals surface area contributed by atoms with Crippen molar-refractivity contribution < 1.29 is 4.39 Å². The minimum absolute atomic E-state index is 0.301. The van der Waals surface area contributed by atoms with Gasteiger partial charge in [0.2, 0.25) is 0 Å². The maximum absolute atomic E-state index is 14.4. The van der Waals surface area contributed by atoms with Gasteiger partial charge in [-0.1, -0.05) is 55.1 Å². The van der Waals surface area contributed by atoms with Crippen molar-refractivity contribution in [3.8, 4) is 22.4 Å². The van der Waals surface area contributed by atoms with Crippen molar-refractivity contribution in [1.29, 1.82) is 0 Å². The van der Waals surface area contributed by atoms with Gasteiger partial charge in [0.25, 0.3) is 0 Å². The van der Waals surface area contributed by atoms with Gasteiger partial charge in [-0.25, -0.2) is 14.4 Å². The maximum Gasteiger partial charge on any atom is 0.160 e. The summed E-state index contributed by atoms with van der Waals surface area (Å²) in [5.41, 5.74) is 5.72. The first-order chi connectivity index (χ1) is 13.7. The number of nitrogens with zero attached hydrogens (tertiary/aromatic N) is 2. The summed E-state index contributed by atoms with van der Waals surface area (Å²) in [6, 6.07) is 18.6. The van der Waals surface area contributed by atoms with Crippen LogP contribution in [0.1, 0.15) is 18.1 Å². The highest BCUT2D eigenvalue weighted by Crippen LogP contribution is 2.35. The Morgan fingerprint density at radius 1 is 0.929 bits per heavy atom. The molecule has 0 atom stereocenters. The van der Waals surface area contributed by atoms with Crippen LogP contribution in [-0.4, -0.2) is 9.97 Å². The second kappa shape index (κ2) is 7.57. The number of allylic oxidation sites excluding steroid dienone is 1. The lowest BCUT2D eigenvalue weighted by Crippen LogP contribution is -1.95. The highest BCUT2D eigenvalue weighted by Gasteiger charge is 2.15. The number of aromatic nitrogens is 2. The van der Waals surface area contributed by atoms with Crippen LogP contribution in [0.5, 0.6) is 0 Å². The first kappa shape index (κ1) is 17.8. The van der Waals surface area contributed by atoms with E-state index in [0.717, 1.165) is 27.6 Å². The Balaban J connectivity index is 2.08. The van der Waals surface area contributed by atoms with Crippen LogP contribution in [0.15, 0.2) is 79.5 Å². The van der Waals surface area contributed by atoms with Gasteiger partial charge in [-0.15, -0.1) is 0 Å². The summed E-state index contributed by atoms with van der Waals surface area (Å²) >= 11 is 0. The predicted molar refractivity (Wildman–Crippen MR) is 115 cm³/mol. The molecular weight excluding hydrogens is 347 g/mol. The molecule has 0 aliphatic rings. The van der Waals surface area contributed by atoms with Gasteiger partial charge >= 0.3 is 0 Å². The monoisotopic (exact) mass is 366 g/mol. The maximum atomic E-state index is 14.4. The van der Waals surface area contributed by atoms with Gasteiger partial charge < -0.3 is 0 Å².